The van der Waals surface area contributed by atoms with Crippen molar-refractivity contribution in [1.29, 1.82) is 0 Å². The van der Waals surface area contributed by atoms with Gasteiger partial charge in [0.15, 0.2) is 0 Å². The van der Waals surface area contributed by atoms with Gasteiger partial charge in [-0.25, -0.2) is 4.79 Å². The van der Waals surface area contributed by atoms with Crippen molar-refractivity contribution in [1.82, 2.24) is 0 Å². The van der Waals surface area contributed by atoms with E-state index < -0.39 is 49.4 Å². The van der Waals surface area contributed by atoms with Crippen molar-refractivity contribution in [2.24, 2.45) is 17.2 Å². The lowest BCUT2D eigenvalue weighted by Gasteiger charge is -2.08. The standard InChI is InChI=1S/C8H13N3O6/c9-2-6(13)16-5(12)1-4(11)8(15)17-7(14)3-10/h4H,1-3,9-11H2/t4-/m0/s1. The molecular formula is C8H13N3O6. The Kier molecular flexibility index (Phi) is 6.63. The highest BCUT2D eigenvalue weighted by atomic mass is 16.6. The van der Waals surface area contributed by atoms with Crippen LogP contribution in [0.2, 0.25) is 0 Å². The minimum absolute atomic E-state index is 0.475. The molecule has 0 fully saturated rings. The lowest BCUT2D eigenvalue weighted by Crippen LogP contribution is -2.38. The molecule has 1 atom stereocenters. The Morgan fingerprint density at radius 2 is 1.35 bits per heavy atom. The van der Waals surface area contributed by atoms with Crippen LogP contribution in [-0.4, -0.2) is 43.0 Å². The van der Waals surface area contributed by atoms with Crippen LogP contribution in [0.3, 0.4) is 0 Å². The van der Waals surface area contributed by atoms with Gasteiger partial charge in [0.2, 0.25) is 0 Å². The van der Waals surface area contributed by atoms with Gasteiger partial charge in [-0.05, 0) is 0 Å². The minimum atomic E-state index is -1.41. The van der Waals surface area contributed by atoms with E-state index in [0.29, 0.717) is 0 Å². The maximum atomic E-state index is 11.1. The molecule has 0 rings (SSSR count). The normalized spacial score (nSPS) is 11.5. The topological polar surface area (TPSA) is 165 Å². The molecule has 0 bridgehead atoms. The van der Waals surface area contributed by atoms with Gasteiger partial charge in [-0.15, -0.1) is 0 Å². The van der Waals surface area contributed by atoms with Gasteiger partial charge in [-0.3, -0.25) is 14.4 Å². The zero-order chi connectivity index (χ0) is 13.4. The van der Waals surface area contributed by atoms with Crippen LogP contribution in [0, 0.1) is 0 Å². The largest absolute Gasteiger partial charge is 0.392 e. The fourth-order valence-corrected chi connectivity index (χ4v) is 0.703. The summed E-state index contributed by atoms with van der Waals surface area (Å²) in [5.74, 6) is -4.09. The van der Waals surface area contributed by atoms with Crippen LogP contribution in [0.1, 0.15) is 6.42 Å². The molecular weight excluding hydrogens is 234 g/mol. The molecule has 6 N–H and O–H groups in total. The fraction of sp³-hybridized carbons (Fsp3) is 0.500. The average Bonchev–Trinajstić information content (AvgIpc) is 2.28. The summed E-state index contributed by atoms with van der Waals surface area (Å²) in [4.78, 5) is 43.3. The number of nitrogens with two attached hydrogens (primary N) is 3. The van der Waals surface area contributed by atoms with E-state index in [2.05, 4.69) is 9.47 Å². The third kappa shape index (κ3) is 6.35. The highest BCUT2D eigenvalue weighted by molar-refractivity contribution is 5.93. The molecule has 0 aliphatic rings. The van der Waals surface area contributed by atoms with Crippen LogP contribution < -0.4 is 17.2 Å². The Balaban J connectivity index is 4.11. The summed E-state index contributed by atoms with van der Waals surface area (Å²) in [6, 6.07) is -1.41. The molecule has 0 saturated heterocycles. The summed E-state index contributed by atoms with van der Waals surface area (Å²) in [6.07, 6.45) is -0.609. The van der Waals surface area contributed by atoms with Gasteiger partial charge in [0, 0.05) is 0 Å². The fourth-order valence-electron chi connectivity index (χ4n) is 0.703. The summed E-state index contributed by atoms with van der Waals surface area (Å²) in [6.45, 7) is -0.967. The molecule has 0 amide bonds. The SMILES string of the molecule is NCC(=O)OC(=O)C[C@H](N)C(=O)OC(=O)CN. The lowest BCUT2D eigenvalue weighted by molar-refractivity contribution is -0.165. The van der Waals surface area contributed by atoms with Gasteiger partial charge in [-0.1, -0.05) is 0 Å². The first-order chi connectivity index (χ1) is 7.90. The first-order valence-corrected chi connectivity index (χ1v) is 4.54. The smallest absolute Gasteiger partial charge is 0.331 e. The molecule has 0 aromatic heterocycles. The maximum Gasteiger partial charge on any atom is 0.331 e. The molecule has 0 aliphatic heterocycles. The quantitative estimate of drug-likeness (QED) is 0.334. The molecule has 0 aromatic rings. The molecule has 0 spiro atoms. The molecule has 0 heterocycles. The van der Waals surface area contributed by atoms with Crippen LogP contribution >= 0.6 is 0 Å². The molecule has 9 heteroatoms. The van der Waals surface area contributed by atoms with E-state index >= 15 is 0 Å². The Labute approximate surface area is 96.2 Å². The molecule has 17 heavy (non-hydrogen) atoms. The Morgan fingerprint density at radius 3 is 1.82 bits per heavy atom. The molecule has 96 valence electrons. The van der Waals surface area contributed by atoms with Crippen molar-refractivity contribution in [3.8, 4) is 0 Å². The van der Waals surface area contributed by atoms with Crippen molar-refractivity contribution in [3.05, 3.63) is 0 Å². The van der Waals surface area contributed by atoms with Crippen molar-refractivity contribution in [2.75, 3.05) is 13.1 Å². The zero-order valence-corrected chi connectivity index (χ0v) is 8.88. The lowest BCUT2D eigenvalue weighted by atomic mass is 10.2. The molecule has 0 aromatic carbocycles. The number of carbonyl (C=O) groups excluding carboxylic acids is 4. The van der Waals surface area contributed by atoms with Gasteiger partial charge in [0.1, 0.15) is 6.04 Å². The van der Waals surface area contributed by atoms with E-state index in [4.69, 9.17) is 17.2 Å². The van der Waals surface area contributed by atoms with Gasteiger partial charge in [0.25, 0.3) is 0 Å². The van der Waals surface area contributed by atoms with E-state index in [-0.39, 0.29) is 0 Å². The summed E-state index contributed by atoms with van der Waals surface area (Å²) in [5.41, 5.74) is 15.0. The minimum Gasteiger partial charge on any atom is -0.392 e. The Hall–Kier alpha value is -1.84. The van der Waals surface area contributed by atoms with Crippen LogP contribution in [-0.2, 0) is 28.7 Å². The highest BCUT2D eigenvalue weighted by Gasteiger charge is 2.23. The average molecular weight is 247 g/mol. The van der Waals surface area contributed by atoms with Crippen LogP contribution in [0.5, 0.6) is 0 Å². The van der Waals surface area contributed by atoms with Crippen molar-refractivity contribution in [2.45, 2.75) is 12.5 Å². The molecule has 0 aliphatic carbocycles. The first-order valence-electron chi connectivity index (χ1n) is 4.54. The second-order valence-corrected chi connectivity index (χ2v) is 2.86. The monoisotopic (exact) mass is 247 g/mol. The number of hydrogen-bond donors (Lipinski definition) is 3. The maximum absolute atomic E-state index is 11.1. The molecule has 9 nitrogen and oxygen atoms in total. The number of rotatable bonds is 5. The van der Waals surface area contributed by atoms with Gasteiger partial charge in [-0.2, -0.15) is 0 Å². The highest BCUT2D eigenvalue weighted by Crippen LogP contribution is 1.96. The summed E-state index contributed by atoms with van der Waals surface area (Å²) in [7, 11) is 0. The van der Waals surface area contributed by atoms with E-state index in [0.717, 1.165) is 0 Å². The Bertz CT molecular complexity index is 329. The van der Waals surface area contributed by atoms with Crippen molar-refractivity contribution >= 4 is 23.9 Å². The molecule has 0 saturated carbocycles. The van der Waals surface area contributed by atoms with Gasteiger partial charge >= 0.3 is 23.9 Å². The number of carbonyl (C=O) groups is 4. The van der Waals surface area contributed by atoms with E-state index in [1.807, 2.05) is 0 Å². The van der Waals surface area contributed by atoms with Crippen LogP contribution in [0.15, 0.2) is 0 Å². The number of ether oxygens (including phenoxy) is 2. The second-order valence-electron chi connectivity index (χ2n) is 2.86. The van der Waals surface area contributed by atoms with Crippen molar-refractivity contribution in [3.63, 3.8) is 0 Å². The van der Waals surface area contributed by atoms with Crippen LogP contribution in [0.4, 0.5) is 0 Å². The summed E-state index contributed by atoms with van der Waals surface area (Å²) < 4.78 is 8.30. The number of esters is 4. The Morgan fingerprint density at radius 1 is 0.882 bits per heavy atom. The number of hydrogen-bond acceptors (Lipinski definition) is 9. The predicted molar refractivity (Wildman–Crippen MR) is 52.9 cm³/mol. The van der Waals surface area contributed by atoms with Gasteiger partial charge in [0.05, 0.1) is 19.5 Å². The third-order valence-corrected chi connectivity index (χ3v) is 1.46. The summed E-state index contributed by atoms with van der Waals surface area (Å²) >= 11 is 0. The molecule has 0 radical (unpaired) electrons. The third-order valence-electron chi connectivity index (χ3n) is 1.46. The van der Waals surface area contributed by atoms with E-state index in [1.54, 1.807) is 0 Å². The van der Waals surface area contributed by atoms with Crippen molar-refractivity contribution < 1.29 is 28.7 Å². The second kappa shape index (κ2) is 7.44. The van der Waals surface area contributed by atoms with Gasteiger partial charge < -0.3 is 26.7 Å². The molecule has 0 unspecified atom stereocenters. The van der Waals surface area contributed by atoms with E-state index in [9.17, 15) is 19.2 Å². The van der Waals surface area contributed by atoms with Crippen LogP contribution in [0.25, 0.3) is 0 Å². The van der Waals surface area contributed by atoms with E-state index in [1.165, 1.54) is 0 Å². The summed E-state index contributed by atoms with van der Waals surface area (Å²) in [5, 5.41) is 0. The predicted octanol–water partition coefficient (Wildman–Crippen LogP) is -3.24. The zero-order valence-electron chi connectivity index (χ0n) is 8.88. The first kappa shape index (κ1) is 15.2.